The summed E-state index contributed by atoms with van der Waals surface area (Å²) in [6.45, 7) is 4.79. The van der Waals surface area contributed by atoms with E-state index in [0.29, 0.717) is 11.6 Å². The van der Waals surface area contributed by atoms with Crippen LogP contribution in [0.2, 0.25) is 0 Å². The first kappa shape index (κ1) is 22.2. The Morgan fingerprint density at radius 1 is 1.37 bits per heavy atom. The summed E-state index contributed by atoms with van der Waals surface area (Å²) in [7, 11) is 3.39. The predicted molar refractivity (Wildman–Crippen MR) is 109 cm³/mol. The number of aliphatic hydroxyl groups is 1. The van der Waals surface area contributed by atoms with Gasteiger partial charge in [-0.25, -0.2) is 5.01 Å². The van der Waals surface area contributed by atoms with Gasteiger partial charge in [0.25, 0.3) is 5.91 Å². The van der Waals surface area contributed by atoms with E-state index in [1.54, 1.807) is 11.8 Å². The normalized spacial score (nSPS) is 23.5. The molecule has 2 fully saturated rings. The predicted octanol–water partition coefficient (Wildman–Crippen LogP) is 1.85. The van der Waals surface area contributed by atoms with E-state index in [2.05, 4.69) is 5.10 Å². The van der Waals surface area contributed by atoms with Crippen LogP contribution in [-0.2, 0) is 9.59 Å². The molecule has 0 spiro atoms. The average molecular weight is 399 g/mol. The zero-order valence-electron chi connectivity index (χ0n) is 17.0. The highest BCUT2D eigenvalue weighted by atomic mass is 32.2. The first-order valence-corrected chi connectivity index (χ1v) is 10.9. The molecule has 0 aromatic heterocycles. The Labute approximate surface area is 166 Å². The van der Waals surface area contributed by atoms with Gasteiger partial charge in [0.1, 0.15) is 5.78 Å². The maximum atomic E-state index is 13.1. The number of nitrogens with zero attached hydrogens (tertiary/aromatic N) is 3. The van der Waals surface area contributed by atoms with E-state index in [1.165, 1.54) is 7.05 Å². The Morgan fingerprint density at radius 2 is 2.00 bits per heavy atom. The van der Waals surface area contributed by atoms with Gasteiger partial charge in [-0.15, -0.1) is 5.10 Å². The second-order valence-electron chi connectivity index (χ2n) is 8.23. The quantitative estimate of drug-likeness (QED) is 0.502. The van der Waals surface area contributed by atoms with Gasteiger partial charge in [0.15, 0.2) is 5.17 Å². The molecule has 1 amide bonds. The van der Waals surface area contributed by atoms with Gasteiger partial charge in [0, 0.05) is 32.3 Å². The van der Waals surface area contributed by atoms with Crippen LogP contribution in [-0.4, -0.2) is 64.0 Å². The van der Waals surface area contributed by atoms with Crippen LogP contribution in [0.15, 0.2) is 5.10 Å². The molecule has 1 heterocycles. The summed E-state index contributed by atoms with van der Waals surface area (Å²) in [5, 5.41) is 17.1. The number of likely N-dealkylation sites (N-methyl/N-ethyl adjacent to an activating group) is 1. The van der Waals surface area contributed by atoms with Gasteiger partial charge >= 0.3 is 0 Å². The van der Waals surface area contributed by atoms with Gasteiger partial charge in [-0.05, 0) is 25.2 Å². The number of hydrazone groups is 1. The number of rotatable bonds is 7. The largest absolute Gasteiger partial charge is 0.367 e. The lowest BCUT2D eigenvalue weighted by Crippen LogP contribution is -2.61. The number of thioether (sulfide) groups is 1. The number of carbonyl (C=O) groups is 2. The van der Waals surface area contributed by atoms with Crippen LogP contribution in [0.25, 0.3) is 0 Å². The molecule has 3 N–H and O–H groups in total. The molecule has 0 bridgehead atoms. The molecular weight excluding hydrogens is 364 g/mol. The lowest BCUT2D eigenvalue weighted by atomic mass is 9.75. The minimum absolute atomic E-state index is 0.0739. The van der Waals surface area contributed by atoms with Crippen molar-refractivity contribution in [1.29, 1.82) is 0 Å². The van der Waals surface area contributed by atoms with Crippen molar-refractivity contribution in [1.82, 2.24) is 9.91 Å². The van der Waals surface area contributed by atoms with E-state index < -0.39 is 17.6 Å². The summed E-state index contributed by atoms with van der Waals surface area (Å²) in [6.07, 6.45) is 5.18. The molecule has 2 rings (SSSR count). The van der Waals surface area contributed by atoms with Crippen molar-refractivity contribution < 1.29 is 14.7 Å². The van der Waals surface area contributed by atoms with E-state index >= 15 is 0 Å². The van der Waals surface area contributed by atoms with Gasteiger partial charge < -0.3 is 10.0 Å². The highest BCUT2D eigenvalue weighted by molar-refractivity contribution is 8.14. The number of hydrogen-bond acceptors (Lipinski definition) is 6. The Bertz CT molecular complexity index is 573. The SMILES string of the molecule is CC(C)CC(C(=O)C1CCCCC1)C(N)(O)C(=O)N(C)N=C1SCCN1C. The second kappa shape index (κ2) is 9.39. The Hall–Kier alpha value is -1.12. The summed E-state index contributed by atoms with van der Waals surface area (Å²) in [5.74, 6) is -0.789. The molecule has 2 unspecified atom stereocenters. The fraction of sp³-hybridized carbons (Fsp3) is 0.842. The number of Topliss-reactive ketones (excluding diaryl/α,β-unsaturated/α-hetero) is 1. The van der Waals surface area contributed by atoms with Crippen LogP contribution in [0.4, 0.5) is 0 Å². The van der Waals surface area contributed by atoms with Crippen molar-refractivity contribution in [3.8, 4) is 0 Å². The van der Waals surface area contributed by atoms with Gasteiger partial charge in [-0.3, -0.25) is 15.3 Å². The molecule has 7 nitrogen and oxygen atoms in total. The molecule has 0 aromatic rings. The molecule has 1 saturated carbocycles. The smallest absolute Gasteiger partial charge is 0.290 e. The van der Waals surface area contributed by atoms with Crippen molar-refractivity contribution in [2.45, 2.75) is 58.1 Å². The summed E-state index contributed by atoms with van der Waals surface area (Å²) in [5.41, 5.74) is 3.87. The molecule has 0 aromatic carbocycles. The maximum absolute atomic E-state index is 13.1. The van der Waals surface area contributed by atoms with Crippen LogP contribution in [0.3, 0.4) is 0 Å². The Balaban J connectivity index is 2.20. The molecular formula is C19H34N4O3S. The summed E-state index contributed by atoms with van der Waals surface area (Å²) >= 11 is 1.55. The minimum Gasteiger partial charge on any atom is -0.367 e. The molecule has 1 saturated heterocycles. The topological polar surface area (TPSA) is 99.2 Å². The fourth-order valence-corrected chi connectivity index (χ4v) is 4.86. The molecule has 0 radical (unpaired) electrons. The molecule has 154 valence electrons. The van der Waals surface area contributed by atoms with E-state index in [4.69, 9.17) is 5.73 Å². The van der Waals surface area contributed by atoms with Crippen LogP contribution in [0, 0.1) is 17.8 Å². The van der Waals surface area contributed by atoms with Crippen molar-refractivity contribution in [2.24, 2.45) is 28.6 Å². The minimum atomic E-state index is -2.25. The van der Waals surface area contributed by atoms with E-state index in [1.807, 2.05) is 25.8 Å². The van der Waals surface area contributed by atoms with Crippen LogP contribution < -0.4 is 5.73 Å². The van der Waals surface area contributed by atoms with Gasteiger partial charge in [0.05, 0.1) is 5.92 Å². The van der Waals surface area contributed by atoms with E-state index in [0.717, 1.165) is 49.4 Å². The number of carbonyl (C=O) groups excluding carboxylic acids is 2. The average Bonchev–Trinajstić information content (AvgIpc) is 3.03. The number of amides is 1. The molecule has 1 aliphatic carbocycles. The Morgan fingerprint density at radius 3 is 2.52 bits per heavy atom. The third kappa shape index (κ3) is 5.45. The lowest BCUT2D eigenvalue weighted by molar-refractivity contribution is -0.162. The molecule has 2 atom stereocenters. The summed E-state index contributed by atoms with van der Waals surface area (Å²) < 4.78 is 0. The van der Waals surface area contributed by atoms with E-state index in [9.17, 15) is 14.7 Å². The monoisotopic (exact) mass is 398 g/mol. The lowest BCUT2D eigenvalue weighted by Gasteiger charge is -2.35. The van der Waals surface area contributed by atoms with Gasteiger partial charge in [0.2, 0.25) is 5.72 Å². The number of ketones is 1. The van der Waals surface area contributed by atoms with Crippen LogP contribution >= 0.6 is 11.8 Å². The highest BCUT2D eigenvalue weighted by Gasteiger charge is 2.48. The van der Waals surface area contributed by atoms with Crippen molar-refractivity contribution in [2.75, 3.05) is 26.4 Å². The van der Waals surface area contributed by atoms with Gasteiger partial charge in [-0.1, -0.05) is 44.9 Å². The number of hydrogen-bond donors (Lipinski definition) is 2. The number of nitrogens with two attached hydrogens (primary N) is 1. The third-order valence-corrected chi connectivity index (χ3v) is 6.48. The molecule has 8 heteroatoms. The molecule has 2 aliphatic rings. The zero-order chi connectivity index (χ0) is 20.2. The van der Waals surface area contributed by atoms with Crippen LogP contribution in [0.5, 0.6) is 0 Å². The Kier molecular flexibility index (Phi) is 7.71. The van der Waals surface area contributed by atoms with Crippen LogP contribution in [0.1, 0.15) is 52.4 Å². The summed E-state index contributed by atoms with van der Waals surface area (Å²) in [4.78, 5) is 28.0. The first-order chi connectivity index (χ1) is 12.6. The summed E-state index contributed by atoms with van der Waals surface area (Å²) in [6, 6.07) is 0. The standard InChI is InChI=1S/C19H34N4O3S/c1-13(2)12-15(16(24)14-8-6-5-7-9-14)19(20,26)17(25)23(4)21-18-22(3)10-11-27-18/h13-15,26H,5-12,20H2,1-4H3. The number of amidine groups is 1. The fourth-order valence-electron chi connectivity index (χ4n) is 3.82. The van der Waals surface area contributed by atoms with E-state index in [-0.39, 0.29) is 17.6 Å². The van der Waals surface area contributed by atoms with Crippen molar-refractivity contribution in [3.05, 3.63) is 0 Å². The second-order valence-corrected chi connectivity index (χ2v) is 9.29. The van der Waals surface area contributed by atoms with Gasteiger partial charge in [-0.2, -0.15) is 0 Å². The maximum Gasteiger partial charge on any atom is 0.290 e. The zero-order valence-corrected chi connectivity index (χ0v) is 17.8. The highest BCUT2D eigenvalue weighted by Crippen LogP contribution is 2.33. The molecule has 1 aliphatic heterocycles. The molecule has 27 heavy (non-hydrogen) atoms. The third-order valence-electron chi connectivity index (χ3n) is 5.45. The first-order valence-electron chi connectivity index (χ1n) is 9.90. The van der Waals surface area contributed by atoms with Crippen molar-refractivity contribution in [3.63, 3.8) is 0 Å². The van der Waals surface area contributed by atoms with Crippen molar-refractivity contribution >= 4 is 28.6 Å².